The number of nitrogens with zero attached hydrogens (tertiary/aromatic N) is 1. The zero-order chi connectivity index (χ0) is 11.8. The Hall–Kier alpha value is -1.55. The fraction of sp³-hybridized carbons (Fsp3) is 0.462. The molecule has 2 aliphatic heterocycles. The van der Waals surface area contributed by atoms with E-state index in [1.807, 2.05) is 18.2 Å². The zero-order valence-electron chi connectivity index (χ0n) is 9.65. The minimum absolute atomic E-state index is 0.0260. The second kappa shape index (κ2) is 4.04. The number of hydrogen-bond donors (Lipinski definition) is 2. The van der Waals surface area contributed by atoms with E-state index in [1.165, 1.54) is 5.56 Å². The Morgan fingerprint density at radius 1 is 1.47 bits per heavy atom. The smallest absolute Gasteiger partial charge is 0.254 e. The first kappa shape index (κ1) is 10.6. The van der Waals surface area contributed by atoms with E-state index in [2.05, 4.69) is 5.32 Å². The maximum Gasteiger partial charge on any atom is 0.254 e. The Balaban J connectivity index is 1.82. The van der Waals surface area contributed by atoms with Crippen LogP contribution >= 0.6 is 0 Å². The number of β-amino-alcohol motifs (C(OH)–C–C–N with tert-alkyl or cyclic N) is 1. The molecule has 0 aromatic heterocycles. The summed E-state index contributed by atoms with van der Waals surface area (Å²) in [7, 11) is 0. The number of benzene rings is 1. The van der Waals surface area contributed by atoms with Gasteiger partial charge in [-0.3, -0.25) is 4.79 Å². The van der Waals surface area contributed by atoms with Gasteiger partial charge in [-0.2, -0.15) is 0 Å². The molecule has 0 saturated carbocycles. The summed E-state index contributed by atoms with van der Waals surface area (Å²) in [5.74, 6) is 0.0260. The molecule has 1 atom stereocenters. The van der Waals surface area contributed by atoms with Crippen molar-refractivity contribution in [2.24, 2.45) is 0 Å². The van der Waals surface area contributed by atoms with Gasteiger partial charge in [-0.05, 0) is 30.5 Å². The van der Waals surface area contributed by atoms with E-state index >= 15 is 0 Å². The topological polar surface area (TPSA) is 52.6 Å². The first-order chi connectivity index (χ1) is 8.24. The maximum atomic E-state index is 12.2. The molecule has 1 amide bonds. The van der Waals surface area contributed by atoms with Gasteiger partial charge in [0.2, 0.25) is 0 Å². The monoisotopic (exact) mass is 232 g/mol. The van der Waals surface area contributed by atoms with Crippen LogP contribution in [0.5, 0.6) is 0 Å². The van der Waals surface area contributed by atoms with Crippen LogP contribution in [0.25, 0.3) is 0 Å². The highest BCUT2D eigenvalue weighted by Gasteiger charge is 2.26. The van der Waals surface area contributed by atoms with E-state index in [1.54, 1.807) is 4.90 Å². The number of amides is 1. The van der Waals surface area contributed by atoms with Crippen molar-refractivity contribution in [3.8, 4) is 0 Å². The third-order valence-electron chi connectivity index (χ3n) is 3.52. The number of hydrogen-bond acceptors (Lipinski definition) is 3. The van der Waals surface area contributed by atoms with E-state index in [0.29, 0.717) is 25.1 Å². The molecule has 4 nitrogen and oxygen atoms in total. The van der Waals surface area contributed by atoms with Crippen LogP contribution in [-0.2, 0) is 6.42 Å². The van der Waals surface area contributed by atoms with Gasteiger partial charge in [0.25, 0.3) is 5.91 Å². The van der Waals surface area contributed by atoms with Crippen molar-refractivity contribution in [3.05, 3.63) is 29.3 Å². The predicted octanol–water partition coefficient (Wildman–Crippen LogP) is 0.861. The highest BCUT2D eigenvalue weighted by molar-refractivity contribution is 5.95. The van der Waals surface area contributed by atoms with Gasteiger partial charge in [0.05, 0.1) is 6.10 Å². The van der Waals surface area contributed by atoms with Gasteiger partial charge < -0.3 is 15.3 Å². The number of aliphatic hydroxyl groups is 1. The number of carbonyl (C=O) groups is 1. The van der Waals surface area contributed by atoms with Gasteiger partial charge >= 0.3 is 0 Å². The SMILES string of the molecule is O=C(c1ccc2c(c1)NCC2)N1CC[C@H](O)C1. The summed E-state index contributed by atoms with van der Waals surface area (Å²) in [6.07, 6.45) is 1.37. The molecular formula is C13H16N2O2. The first-order valence-corrected chi connectivity index (χ1v) is 6.08. The molecule has 0 bridgehead atoms. The zero-order valence-corrected chi connectivity index (χ0v) is 9.65. The lowest BCUT2D eigenvalue weighted by Crippen LogP contribution is -2.29. The number of rotatable bonds is 1. The van der Waals surface area contributed by atoms with Crippen molar-refractivity contribution in [1.82, 2.24) is 4.90 Å². The molecule has 1 fully saturated rings. The number of anilines is 1. The fourth-order valence-electron chi connectivity index (χ4n) is 2.53. The van der Waals surface area contributed by atoms with Crippen molar-refractivity contribution in [1.29, 1.82) is 0 Å². The molecule has 4 heteroatoms. The van der Waals surface area contributed by atoms with Crippen LogP contribution in [0.2, 0.25) is 0 Å². The Morgan fingerprint density at radius 2 is 2.35 bits per heavy atom. The van der Waals surface area contributed by atoms with Crippen molar-refractivity contribution in [2.45, 2.75) is 18.9 Å². The maximum absolute atomic E-state index is 12.2. The molecule has 2 aliphatic rings. The molecule has 1 saturated heterocycles. The summed E-state index contributed by atoms with van der Waals surface area (Å²) >= 11 is 0. The average Bonchev–Trinajstić information content (AvgIpc) is 2.95. The quantitative estimate of drug-likeness (QED) is 0.755. The number of aliphatic hydroxyl groups excluding tert-OH is 1. The molecule has 1 aromatic rings. The molecular weight excluding hydrogens is 216 g/mol. The molecule has 17 heavy (non-hydrogen) atoms. The van der Waals surface area contributed by atoms with Gasteiger partial charge in [-0.25, -0.2) is 0 Å². The lowest BCUT2D eigenvalue weighted by molar-refractivity contribution is 0.0765. The van der Waals surface area contributed by atoms with Gasteiger partial charge in [0.1, 0.15) is 0 Å². The van der Waals surface area contributed by atoms with Gasteiger partial charge in [-0.1, -0.05) is 6.07 Å². The van der Waals surface area contributed by atoms with E-state index in [0.717, 1.165) is 18.7 Å². The van der Waals surface area contributed by atoms with E-state index in [-0.39, 0.29) is 12.0 Å². The van der Waals surface area contributed by atoms with Crippen molar-refractivity contribution < 1.29 is 9.90 Å². The number of nitrogens with one attached hydrogen (secondary N) is 1. The Bertz CT molecular complexity index is 459. The van der Waals surface area contributed by atoms with Crippen LogP contribution in [0.3, 0.4) is 0 Å². The van der Waals surface area contributed by atoms with Crippen LogP contribution in [0.4, 0.5) is 5.69 Å². The van der Waals surface area contributed by atoms with Crippen LogP contribution in [-0.4, -0.2) is 41.7 Å². The highest BCUT2D eigenvalue weighted by atomic mass is 16.3. The summed E-state index contributed by atoms with van der Waals surface area (Å²) in [5, 5.41) is 12.7. The lowest BCUT2D eigenvalue weighted by Gasteiger charge is -2.16. The lowest BCUT2D eigenvalue weighted by atomic mass is 10.1. The third-order valence-corrected chi connectivity index (χ3v) is 3.52. The number of carbonyl (C=O) groups excluding carboxylic acids is 1. The van der Waals surface area contributed by atoms with Gasteiger partial charge in [0, 0.05) is 30.9 Å². The van der Waals surface area contributed by atoms with Crippen molar-refractivity contribution in [3.63, 3.8) is 0 Å². The fourth-order valence-corrected chi connectivity index (χ4v) is 2.53. The summed E-state index contributed by atoms with van der Waals surface area (Å²) in [4.78, 5) is 13.9. The summed E-state index contributed by atoms with van der Waals surface area (Å²) in [6.45, 7) is 2.07. The van der Waals surface area contributed by atoms with Crippen LogP contribution in [0.15, 0.2) is 18.2 Å². The molecule has 0 aliphatic carbocycles. The van der Waals surface area contributed by atoms with Crippen LogP contribution in [0.1, 0.15) is 22.3 Å². The highest BCUT2D eigenvalue weighted by Crippen LogP contribution is 2.24. The molecule has 90 valence electrons. The summed E-state index contributed by atoms with van der Waals surface area (Å²) in [6, 6.07) is 5.84. The van der Waals surface area contributed by atoms with Gasteiger partial charge in [0.15, 0.2) is 0 Å². The molecule has 2 heterocycles. The van der Waals surface area contributed by atoms with Gasteiger partial charge in [-0.15, -0.1) is 0 Å². The minimum atomic E-state index is -0.355. The standard InChI is InChI=1S/C13H16N2O2/c16-11-4-6-15(8-11)13(17)10-2-1-9-3-5-14-12(9)7-10/h1-2,7,11,14,16H,3-6,8H2/t11-/m0/s1. The molecule has 0 spiro atoms. The summed E-state index contributed by atoms with van der Waals surface area (Å²) in [5.41, 5.74) is 3.07. The molecule has 3 rings (SSSR count). The second-order valence-corrected chi connectivity index (χ2v) is 4.74. The minimum Gasteiger partial charge on any atom is -0.391 e. The third kappa shape index (κ3) is 1.89. The summed E-state index contributed by atoms with van der Waals surface area (Å²) < 4.78 is 0. The van der Waals surface area contributed by atoms with E-state index in [9.17, 15) is 9.90 Å². The van der Waals surface area contributed by atoms with Crippen molar-refractivity contribution in [2.75, 3.05) is 25.0 Å². The molecule has 0 unspecified atom stereocenters. The Labute approximate surface area is 100 Å². The van der Waals surface area contributed by atoms with E-state index < -0.39 is 0 Å². The van der Waals surface area contributed by atoms with Crippen molar-refractivity contribution >= 4 is 11.6 Å². The Morgan fingerprint density at radius 3 is 3.12 bits per heavy atom. The average molecular weight is 232 g/mol. The number of fused-ring (bicyclic) bond motifs is 1. The first-order valence-electron chi connectivity index (χ1n) is 6.08. The van der Waals surface area contributed by atoms with Crippen LogP contribution < -0.4 is 5.32 Å². The number of likely N-dealkylation sites (tertiary alicyclic amines) is 1. The van der Waals surface area contributed by atoms with Crippen LogP contribution in [0, 0.1) is 0 Å². The Kier molecular flexibility index (Phi) is 2.52. The molecule has 1 aromatic carbocycles. The normalized spacial score (nSPS) is 22.4. The molecule has 2 N–H and O–H groups in total. The van der Waals surface area contributed by atoms with E-state index in [4.69, 9.17) is 0 Å². The largest absolute Gasteiger partial charge is 0.391 e. The predicted molar refractivity (Wildman–Crippen MR) is 65.2 cm³/mol. The second-order valence-electron chi connectivity index (χ2n) is 4.74. The molecule has 0 radical (unpaired) electrons.